The van der Waals surface area contributed by atoms with Crippen LogP contribution in [-0.2, 0) is 16.6 Å². The molecular weight excluding hydrogens is 279 g/mol. The fraction of sp³-hybridized carbons (Fsp3) is 0.571. The Hall–Kier alpha value is -0.980. The Labute approximate surface area is 119 Å². The molecule has 20 heavy (non-hydrogen) atoms. The largest absolute Gasteiger partial charge is 0.326 e. The number of halogens is 1. The predicted octanol–water partition coefficient (Wildman–Crippen LogP) is 2.09. The smallest absolute Gasteiger partial charge is 0.243 e. The van der Waals surface area contributed by atoms with Crippen molar-refractivity contribution in [1.82, 2.24) is 4.31 Å². The van der Waals surface area contributed by atoms with Crippen LogP contribution in [0.25, 0.3) is 0 Å². The van der Waals surface area contributed by atoms with E-state index in [4.69, 9.17) is 5.73 Å². The molecule has 0 radical (unpaired) electrons. The number of nitrogens with two attached hydrogens (primary N) is 1. The van der Waals surface area contributed by atoms with Crippen molar-refractivity contribution in [2.24, 2.45) is 11.7 Å². The highest BCUT2D eigenvalue weighted by atomic mass is 32.2. The Morgan fingerprint density at radius 2 is 2.10 bits per heavy atom. The summed E-state index contributed by atoms with van der Waals surface area (Å²) < 4.78 is 40.7. The monoisotopic (exact) mass is 300 g/mol. The molecule has 1 aliphatic rings. The van der Waals surface area contributed by atoms with Crippen molar-refractivity contribution in [1.29, 1.82) is 0 Å². The van der Waals surface area contributed by atoms with Crippen LogP contribution in [0.1, 0.15) is 32.3 Å². The molecule has 6 heteroatoms. The third-order valence-electron chi connectivity index (χ3n) is 3.94. The third kappa shape index (κ3) is 2.73. The van der Waals surface area contributed by atoms with Crippen LogP contribution < -0.4 is 5.73 Å². The van der Waals surface area contributed by atoms with E-state index in [1.807, 2.05) is 6.92 Å². The van der Waals surface area contributed by atoms with Crippen LogP contribution in [-0.4, -0.2) is 25.3 Å². The van der Waals surface area contributed by atoms with Gasteiger partial charge < -0.3 is 5.73 Å². The zero-order valence-electron chi connectivity index (χ0n) is 11.8. The molecule has 1 heterocycles. The molecule has 1 aliphatic heterocycles. The molecule has 1 aromatic rings. The van der Waals surface area contributed by atoms with Gasteiger partial charge in [0.05, 0.1) is 4.90 Å². The van der Waals surface area contributed by atoms with Crippen LogP contribution in [0.5, 0.6) is 0 Å². The first-order valence-electron chi connectivity index (χ1n) is 6.87. The molecule has 1 fully saturated rings. The van der Waals surface area contributed by atoms with Gasteiger partial charge in [-0.3, -0.25) is 0 Å². The highest BCUT2D eigenvalue weighted by Gasteiger charge is 2.34. The molecule has 2 atom stereocenters. The average molecular weight is 300 g/mol. The lowest BCUT2D eigenvalue weighted by atomic mass is 9.95. The minimum absolute atomic E-state index is 0.00130. The minimum atomic E-state index is -3.69. The Bertz CT molecular complexity index is 589. The van der Waals surface area contributed by atoms with E-state index in [0.29, 0.717) is 12.5 Å². The molecular formula is C14H21FN2O2S. The van der Waals surface area contributed by atoms with Gasteiger partial charge in [0.2, 0.25) is 10.0 Å². The van der Waals surface area contributed by atoms with Crippen molar-refractivity contribution in [2.75, 3.05) is 6.54 Å². The van der Waals surface area contributed by atoms with Crippen LogP contribution in [0.4, 0.5) is 4.39 Å². The Kier molecular flexibility index (Phi) is 4.46. The Balaban J connectivity index is 2.43. The first-order chi connectivity index (χ1) is 9.37. The summed E-state index contributed by atoms with van der Waals surface area (Å²) in [7, 11) is -3.69. The number of nitrogens with zero attached hydrogens (tertiary/aromatic N) is 1. The molecule has 0 aromatic heterocycles. The molecule has 0 aliphatic carbocycles. The zero-order valence-corrected chi connectivity index (χ0v) is 12.7. The maximum atomic E-state index is 13.7. The summed E-state index contributed by atoms with van der Waals surface area (Å²) in [5.41, 5.74) is 5.58. The van der Waals surface area contributed by atoms with Crippen LogP contribution in [0.3, 0.4) is 0 Å². The van der Waals surface area contributed by atoms with Gasteiger partial charge in [-0.15, -0.1) is 0 Å². The summed E-state index contributed by atoms with van der Waals surface area (Å²) in [5, 5.41) is 0. The lowest BCUT2D eigenvalue weighted by Crippen LogP contribution is -2.44. The molecule has 4 nitrogen and oxygen atoms in total. The van der Waals surface area contributed by atoms with Gasteiger partial charge in [-0.05, 0) is 37.8 Å². The normalized spacial score (nSPS) is 24.8. The third-order valence-corrected chi connectivity index (χ3v) is 6.04. The van der Waals surface area contributed by atoms with Crippen LogP contribution in [0, 0.1) is 11.7 Å². The number of hydrogen-bond donors (Lipinski definition) is 1. The van der Waals surface area contributed by atoms with Gasteiger partial charge in [-0.1, -0.05) is 13.0 Å². The molecule has 0 bridgehead atoms. The number of hydrogen-bond acceptors (Lipinski definition) is 3. The maximum absolute atomic E-state index is 13.7. The summed E-state index contributed by atoms with van der Waals surface area (Å²) in [6.45, 7) is 4.37. The van der Waals surface area contributed by atoms with Gasteiger partial charge in [0.25, 0.3) is 0 Å². The first kappa shape index (κ1) is 15.4. The quantitative estimate of drug-likeness (QED) is 0.929. The molecule has 112 valence electrons. The first-order valence-corrected chi connectivity index (χ1v) is 8.31. The number of benzene rings is 1. The predicted molar refractivity (Wildman–Crippen MR) is 76.0 cm³/mol. The maximum Gasteiger partial charge on any atom is 0.243 e. The number of piperidine rings is 1. The average Bonchev–Trinajstić information content (AvgIpc) is 2.37. The van der Waals surface area contributed by atoms with Crippen LogP contribution in [0.2, 0.25) is 0 Å². The van der Waals surface area contributed by atoms with E-state index in [2.05, 4.69) is 6.92 Å². The number of rotatable bonds is 3. The molecule has 1 saturated heterocycles. The fourth-order valence-electron chi connectivity index (χ4n) is 2.85. The standard InChI is InChI=1S/C14H21FN2O2S/c1-10-6-7-17(11(2)8-10)20(18,19)14-5-3-4-13(15)12(14)9-16/h3-5,10-11H,6-9,16H2,1-2H3. The van der Waals surface area contributed by atoms with Crippen molar-refractivity contribution in [3.05, 3.63) is 29.6 Å². The number of sulfonamides is 1. The van der Waals surface area contributed by atoms with Crippen molar-refractivity contribution in [3.63, 3.8) is 0 Å². The molecule has 1 aromatic carbocycles. The second-order valence-electron chi connectivity index (χ2n) is 5.51. The van der Waals surface area contributed by atoms with E-state index < -0.39 is 15.8 Å². The Morgan fingerprint density at radius 3 is 2.70 bits per heavy atom. The summed E-state index contributed by atoms with van der Waals surface area (Å²) in [5.74, 6) is -0.0513. The summed E-state index contributed by atoms with van der Waals surface area (Å²) in [6.07, 6.45) is 1.66. The molecule has 0 saturated carbocycles. The van der Waals surface area contributed by atoms with Gasteiger partial charge in [0.1, 0.15) is 5.82 Å². The lowest BCUT2D eigenvalue weighted by molar-refractivity contribution is 0.220. The van der Waals surface area contributed by atoms with E-state index >= 15 is 0 Å². The van der Waals surface area contributed by atoms with Crippen molar-refractivity contribution < 1.29 is 12.8 Å². The van der Waals surface area contributed by atoms with Crippen LogP contribution in [0.15, 0.2) is 23.1 Å². The summed E-state index contributed by atoms with van der Waals surface area (Å²) >= 11 is 0. The molecule has 2 rings (SSSR count). The van der Waals surface area contributed by atoms with Gasteiger partial charge in [-0.25, -0.2) is 12.8 Å². The van der Waals surface area contributed by atoms with Gasteiger partial charge in [-0.2, -0.15) is 4.31 Å². The lowest BCUT2D eigenvalue weighted by Gasteiger charge is -2.35. The van der Waals surface area contributed by atoms with Crippen molar-refractivity contribution in [3.8, 4) is 0 Å². The van der Waals surface area contributed by atoms with E-state index in [-0.39, 0.29) is 23.0 Å². The summed E-state index contributed by atoms with van der Waals surface area (Å²) in [4.78, 5) is 0.00130. The van der Waals surface area contributed by atoms with E-state index in [9.17, 15) is 12.8 Å². The fourth-order valence-corrected chi connectivity index (χ4v) is 4.75. The SMILES string of the molecule is CC1CCN(S(=O)(=O)c2cccc(F)c2CN)C(C)C1. The second-order valence-corrected chi connectivity index (χ2v) is 7.37. The van der Waals surface area contributed by atoms with E-state index in [1.165, 1.54) is 22.5 Å². The Morgan fingerprint density at radius 1 is 1.40 bits per heavy atom. The van der Waals surface area contributed by atoms with Gasteiger partial charge in [0.15, 0.2) is 0 Å². The van der Waals surface area contributed by atoms with E-state index in [0.717, 1.165) is 12.8 Å². The zero-order chi connectivity index (χ0) is 14.9. The minimum Gasteiger partial charge on any atom is -0.326 e. The molecule has 0 amide bonds. The second kappa shape index (κ2) is 5.79. The highest BCUT2D eigenvalue weighted by Crippen LogP contribution is 2.30. The highest BCUT2D eigenvalue weighted by molar-refractivity contribution is 7.89. The van der Waals surface area contributed by atoms with Gasteiger partial charge in [0, 0.05) is 24.7 Å². The van der Waals surface area contributed by atoms with Crippen LogP contribution >= 0.6 is 0 Å². The molecule has 2 unspecified atom stereocenters. The summed E-state index contributed by atoms with van der Waals surface area (Å²) in [6, 6.07) is 4.02. The molecule has 0 spiro atoms. The molecule has 2 N–H and O–H groups in total. The van der Waals surface area contributed by atoms with Crippen molar-refractivity contribution >= 4 is 10.0 Å². The van der Waals surface area contributed by atoms with Gasteiger partial charge >= 0.3 is 0 Å². The van der Waals surface area contributed by atoms with Crippen molar-refractivity contribution in [2.45, 2.75) is 44.2 Å². The topological polar surface area (TPSA) is 63.4 Å². The van der Waals surface area contributed by atoms with E-state index in [1.54, 1.807) is 0 Å².